The average molecular weight is 475 g/mol. The number of imidazole rings is 1. The van der Waals surface area contributed by atoms with Gasteiger partial charge in [-0.1, -0.05) is 0 Å². The number of benzene rings is 1. The number of thiophene rings is 1. The first kappa shape index (κ1) is 22.2. The number of carbonyl (C=O) groups is 2. The van der Waals surface area contributed by atoms with Crippen molar-refractivity contribution in [3.8, 4) is 0 Å². The van der Waals surface area contributed by atoms with Crippen LogP contribution >= 0.6 is 11.3 Å². The average Bonchev–Trinajstić information content (AvgIpc) is 3.41. The van der Waals surface area contributed by atoms with Gasteiger partial charge in [-0.2, -0.15) is 0 Å². The highest BCUT2D eigenvalue weighted by atomic mass is 32.1. The molecule has 34 heavy (non-hydrogen) atoms. The third kappa shape index (κ3) is 4.07. The second-order valence-corrected chi connectivity index (χ2v) is 9.88. The first-order valence-corrected chi connectivity index (χ1v) is 12.1. The van der Waals surface area contributed by atoms with E-state index in [-0.39, 0.29) is 17.6 Å². The molecule has 1 amide bonds. The van der Waals surface area contributed by atoms with E-state index in [9.17, 15) is 9.59 Å². The molecule has 3 aromatic heterocycles. The summed E-state index contributed by atoms with van der Waals surface area (Å²) >= 11 is 1.70. The molecular formula is C25H26N6O2S. The number of ketones is 1. The zero-order chi connectivity index (χ0) is 23.8. The maximum absolute atomic E-state index is 12.9. The molecule has 9 heteroatoms. The molecule has 0 saturated carbocycles. The first-order chi connectivity index (χ1) is 16.4. The molecule has 0 spiro atoms. The summed E-state index contributed by atoms with van der Waals surface area (Å²) in [5, 5.41) is 4.14. The van der Waals surface area contributed by atoms with Gasteiger partial charge < -0.3 is 14.8 Å². The van der Waals surface area contributed by atoms with Crippen LogP contribution in [0.15, 0.2) is 43.0 Å². The van der Waals surface area contributed by atoms with Crippen molar-refractivity contribution in [3.63, 3.8) is 0 Å². The predicted octanol–water partition coefficient (Wildman–Crippen LogP) is 4.13. The molecule has 174 valence electrons. The lowest BCUT2D eigenvalue weighted by Crippen LogP contribution is -2.38. The normalized spacial score (nSPS) is 14.5. The predicted molar refractivity (Wildman–Crippen MR) is 134 cm³/mol. The molecule has 1 N–H and O–H groups in total. The van der Waals surface area contributed by atoms with Crippen LogP contribution in [-0.4, -0.2) is 44.3 Å². The number of aromatic nitrogens is 4. The Kier molecular flexibility index (Phi) is 5.87. The van der Waals surface area contributed by atoms with Crippen molar-refractivity contribution in [1.82, 2.24) is 19.5 Å². The van der Waals surface area contributed by atoms with Gasteiger partial charge in [0.15, 0.2) is 5.82 Å². The molecular weight excluding hydrogens is 448 g/mol. The fourth-order valence-corrected chi connectivity index (χ4v) is 5.41. The highest BCUT2D eigenvalue weighted by Crippen LogP contribution is 2.35. The monoisotopic (exact) mass is 474 g/mol. The third-order valence-electron chi connectivity index (χ3n) is 6.55. The number of nitrogens with one attached hydrogen (secondary N) is 1. The Balaban J connectivity index is 1.21. The van der Waals surface area contributed by atoms with Crippen molar-refractivity contribution in [2.45, 2.75) is 26.7 Å². The molecule has 4 aromatic rings. The van der Waals surface area contributed by atoms with Gasteiger partial charge >= 0.3 is 0 Å². The smallest absolute Gasteiger partial charge is 0.228 e. The second kappa shape index (κ2) is 8.98. The highest BCUT2D eigenvalue weighted by molar-refractivity contribution is 7.18. The van der Waals surface area contributed by atoms with Crippen molar-refractivity contribution < 1.29 is 9.59 Å². The Bertz CT molecular complexity index is 1370. The van der Waals surface area contributed by atoms with Crippen LogP contribution in [0.1, 0.15) is 39.5 Å². The van der Waals surface area contributed by atoms with Crippen LogP contribution in [0.4, 0.5) is 11.5 Å². The van der Waals surface area contributed by atoms with E-state index in [2.05, 4.69) is 39.0 Å². The molecule has 5 rings (SSSR count). The largest absolute Gasteiger partial charge is 0.356 e. The van der Waals surface area contributed by atoms with Gasteiger partial charge in [-0.15, -0.1) is 11.3 Å². The molecule has 4 heterocycles. The third-order valence-corrected chi connectivity index (χ3v) is 7.66. The van der Waals surface area contributed by atoms with Crippen molar-refractivity contribution in [2.75, 3.05) is 23.3 Å². The van der Waals surface area contributed by atoms with Crippen LogP contribution in [0.25, 0.3) is 10.2 Å². The van der Waals surface area contributed by atoms with Crippen LogP contribution in [0, 0.1) is 19.8 Å². The molecule has 0 bridgehead atoms. The molecule has 1 aromatic carbocycles. The number of carbonyl (C=O) groups excluding carboxylic acids is 2. The minimum atomic E-state index is -0.146. The molecule has 0 radical (unpaired) electrons. The maximum Gasteiger partial charge on any atom is 0.228 e. The summed E-state index contributed by atoms with van der Waals surface area (Å²) in [6.45, 7) is 5.78. The second-order valence-electron chi connectivity index (χ2n) is 8.68. The summed E-state index contributed by atoms with van der Waals surface area (Å²) < 4.78 is 1.69. The number of anilines is 2. The van der Waals surface area contributed by atoms with Crippen LogP contribution in [0.2, 0.25) is 0 Å². The summed E-state index contributed by atoms with van der Waals surface area (Å²) in [5.74, 6) is 1.16. The van der Waals surface area contributed by atoms with Crippen LogP contribution < -0.4 is 10.2 Å². The van der Waals surface area contributed by atoms with Gasteiger partial charge in [0.05, 0.1) is 5.39 Å². The Labute approximate surface area is 201 Å². The van der Waals surface area contributed by atoms with Crippen molar-refractivity contribution in [1.29, 1.82) is 0 Å². The molecule has 0 unspecified atom stereocenters. The molecule has 1 aliphatic rings. The van der Waals surface area contributed by atoms with E-state index < -0.39 is 0 Å². The van der Waals surface area contributed by atoms with E-state index in [1.54, 1.807) is 65.9 Å². The summed E-state index contributed by atoms with van der Waals surface area (Å²) in [4.78, 5) is 43.1. The lowest BCUT2D eigenvalue weighted by Gasteiger charge is -2.32. The van der Waals surface area contributed by atoms with E-state index in [0.29, 0.717) is 17.1 Å². The fraction of sp³-hybridized carbons (Fsp3) is 0.320. The number of hydrogen-bond acceptors (Lipinski definition) is 7. The SMILES string of the molecule is Cc1sc2ncnc(N3CCC(C(=O)Nc4ccc(C(=O)c5nccn5C)cc4)CC3)c2c1C. The van der Waals surface area contributed by atoms with Crippen LogP contribution in [0.3, 0.4) is 0 Å². The first-order valence-electron chi connectivity index (χ1n) is 11.3. The van der Waals surface area contributed by atoms with Crippen molar-refractivity contribution >= 4 is 44.7 Å². The number of amides is 1. The number of aryl methyl sites for hydroxylation is 3. The molecule has 1 aliphatic heterocycles. The number of hydrogen-bond donors (Lipinski definition) is 1. The number of rotatable bonds is 5. The summed E-state index contributed by atoms with van der Waals surface area (Å²) in [5.41, 5.74) is 2.46. The van der Waals surface area contributed by atoms with Gasteiger partial charge in [0.2, 0.25) is 11.7 Å². The highest BCUT2D eigenvalue weighted by Gasteiger charge is 2.27. The van der Waals surface area contributed by atoms with E-state index in [1.165, 1.54) is 10.4 Å². The van der Waals surface area contributed by atoms with Gasteiger partial charge in [-0.25, -0.2) is 15.0 Å². The van der Waals surface area contributed by atoms with Gasteiger partial charge in [-0.3, -0.25) is 9.59 Å². The minimum absolute atomic E-state index is 0.0122. The lowest BCUT2D eigenvalue weighted by molar-refractivity contribution is -0.120. The Morgan fingerprint density at radius 2 is 1.79 bits per heavy atom. The zero-order valence-corrected chi connectivity index (χ0v) is 20.2. The van der Waals surface area contributed by atoms with Crippen molar-refractivity contribution in [3.05, 3.63) is 64.8 Å². The van der Waals surface area contributed by atoms with Gasteiger partial charge in [-0.05, 0) is 56.5 Å². The Hall–Kier alpha value is -3.59. The fourth-order valence-electron chi connectivity index (χ4n) is 4.42. The molecule has 8 nitrogen and oxygen atoms in total. The molecule has 1 saturated heterocycles. The van der Waals surface area contributed by atoms with Crippen LogP contribution in [0.5, 0.6) is 0 Å². The number of piperidine rings is 1. The number of nitrogens with zero attached hydrogens (tertiary/aromatic N) is 5. The van der Waals surface area contributed by atoms with Gasteiger partial charge in [0.25, 0.3) is 0 Å². The lowest BCUT2D eigenvalue weighted by atomic mass is 9.95. The van der Waals surface area contributed by atoms with Gasteiger partial charge in [0, 0.05) is 54.6 Å². The van der Waals surface area contributed by atoms with E-state index in [0.717, 1.165) is 42.0 Å². The zero-order valence-electron chi connectivity index (χ0n) is 19.4. The quantitative estimate of drug-likeness (QED) is 0.437. The number of fused-ring (bicyclic) bond motifs is 1. The topological polar surface area (TPSA) is 93.0 Å². The Morgan fingerprint density at radius 1 is 1.06 bits per heavy atom. The Morgan fingerprint density at radius 3 is 2.47 bits per heavy atom. The summed E-state index contributed by atoms with van der Waals surface area (Å²) in [7, 11) is 1.79. The van der Waals surface area contributed by atoms with E-state index >= 15 is 0 Å². The summed E-state index contributed by atoms with van der Waals surface area (Å²) in [6.07, 6.45) is 6.49. The van der Waals surface area contributed by atoms with Gasteiger partial charge in [0.1, 0.15) is 17.0 Å². The summed E-state index contributed by atoms with van der Waals surface area (Å²) in [6, 6.07) is 6.98. The van der Waals surface area contributed by atoms with E-state index in [1.807, 2.05) is 0 Å². The standard InChI is InChI=1S/C25H26N6O2S/c1-15-16(2)34-25-20(15)22(27-14-28-25)31-11-8-18(9-12-31)24(33)29-19-6-4-17(5-7-19)21(32)23-26-10-13-30(23)3/h4-7,10,13-14,18H,8-9,11-12H2,1-3H3,(H,29,33). The van der Waals surface area contributed by atoms with Crippen molar-refractivity contribution in [2.24, 2.45) is 13.0 Å². The minimum Gasteiger partial charge on any atom is -0.356 e. The molecule has 0 atom stereocenters. The molecule has 0 aliphatic carbocycles. The molecule has 1 fully saturated rings. The van der Waals surface area contributed by atoms with E-state index in [4.69, 9.17) is 0 Å². The van der Waals surface area contributed by atoms with Crippen LogP contribution in [-0.2, 0) is 11.8 Å². The maximum atomic E-state index is 12.9.